The molecule has 0 spiro atoms. The van der Waals surface area contributed by atoms with E-state index in [1.807, 2.05) is 0 Å². The molecule has 4 heteroatoms. The molecule has 0 unspecified atom stereocenters. The van der Waals surface area contributed by atoms with Crippen LogP contribution in [0.25, 0.3) is 0 Å². The van der Waals surface area contributed by atoms with Gasteiger partial charge in [-0.3, -0.25) is 0 Å². The summed E-state index contributed by atoms with van der Waals surface area (Å²) < 4.78 is 12.4. The van der Waals surface area contributed by atoms with Gasteiger partial charge >= 0.3 is 0 Å². The van der Waals surface area contributed by atoms with E-state index in [1.165, 1.54) is 12.1 Å². The Kier molecular flexibility index (Phi) is 3.38. The third kappa shape index (κ3) is 2.78. The van der Waals surface area contributed by atoms with Gasteiger partial charge in [-0.1, -0.05) is 0 Å². The lowest BCUT2D eigenvalue weighted by atomic mass is 10.3. The maximum Gasteiger partial charge on any atom is 0.123 e. The predicted molar refractivity (Wildman–Crippen MR) is 49.9 cm³/mol. The fourth-order valence-corrected chi connectivity index (χ4v) is 0.795. The fourth-order valence-electron chi connectivity index (χ4n) is 0.731. The Morgan fingerprint density at radius 3 is 2.67 bits per heavy atom. The zero-order valence-corrected chi connectivity index (χ0v) is 7.07. The van der Waals surface area contributed by atoms with E-state index in [0.717, 1.165) is 5.69 Å². The monoisotopic (exact) mass is 182 g/mol. The lowest BCUT2D eigenvalue weighted by Crippen LogP contribution is -1.97. The molecule has 2 nitrogen and oxygen atoms in total. The summed E-state index contributed by atoms with van der Waals surface area (Å²) in [6.07, 6.45) is 0. The number of nitrogens with one attached hydrogen (secondary N) is 1. The van der Waals surface area contributed by atoms with Crippen molar-refractivity contribution in [3.8, 4) is 0 Å². The van der Waals surface area contributed by atoms with Gasteiger partial charge in [0.1, 0.15) is 12.5 Å². The Morgan fingerprint density at radius 2 is 2.08 bits per heavy atom. The summed E-state index contributed by atoms with van der Waals surface area (Å²) in [6.45, 7) is 0.370. The molecule has 0 saturated carbocycles. The first-order valence-corrected chi connectivity index (χ1v) is 3.77. The van der Waals surface area contributed by atoms with Gasteiger partial charge in [0.05, 0.1) is 5.16 Å². The van der Waals surface area contributed by atoms with Crippen LogP contribution in [0.4, 0.5) is 10.1 Å². The van der Waals surface area contributed by atoms with E-state index in [0.29, 0.717) is 6.67 Å². The van der Waals surface area contributed by atoms with Gasteiger partial charge in [-0.15, -0.1) is 0 Å². The van der Waals surface area contributed by atoms with Crippen molar-refractivity contribution in [1.29, 1.82) is 0 Å². The lowest BCUT2D eigenvalue weighted by molar-refractivity contribution is 0.628. The summed E-state index contributed by atoms with van der Waals surface area (Å²) in [7, 11) is 0. The topological polar surface area (TPSA) is 24.4 Å². The Labute approximate surface area is 75.1 Å². The van der Waals surface area contributed by atoms with Gasteiger partial charge in [0.15, 0.2) is 0 Å². The van der Waals surface area contributed by atoms with Crippen LogP contribution in [0.2, 0.25) is 0 Å². The number of nitrogens with zero attached hydrogens (tertiary/aromatic N) is 1. The second-order valence-corrected chi connectivity index (χ2v) is 2.27. The molecule has 0 saturated heterocycles. The van der Waals surface area contributed by atoms with E-state index in [2.05, 4.69) is 27.7 Å². The largest absolute Gasteiger partial charge is 0.366 e. The van der Waals surface area contributed by atoms with Gasteiger partial charge in [-0.05, 0) is 36.5 Å². The van der Waals surface area contributed by atoms with Gasteiger partial charge < -0.3 is 5.32 Å². The van der Waals surface area contributed by atoms with Crippen molar-refractivity contribution in [2.24, 2.45) is 4.99 Å². The van der Waals surface area contributed by atoms with Gasteiger partial charge in [-0.25, -0.2) is 9.38 Å². The quantitative estimate of drug-likeness (QED) is 0.573. The molecule has 0 bridgehead atoms. The number of isothiocyanates is 1. The van der Waals surface area contributed by atoms with Gasteiger partial charge in [-0.2, -0.15) is 0 Å². The summed E-state index contributed by atoms with van der Waals surface area (Å²) in [5.74, 6) is -0.251. The maximum atomic E-state index is 12.4. The number of rotatable bonds is 3. The molecule has 62 valence electrons. The Hall–Kier alpha value is -1.25. The molecule has 0 atom stereocenters. The van der Waals surface area contributed by atoms with Crippen molar-refractivity contribution in [3.05, 3.63) is 30.1 Å². The number of hydrogen-bond donors (Lipinski definition) is 1. The molecule has 0 aliphatic heterocycles. The molecule has 1 rings (SSSR count). The molecule has 0 radical (unpaired) electrons. The van der Waals surface area contributed by atoms with E-state index in [9.17, 15) is 4.39 Å². The minimum atomic E-state index is -0.251. The van der Waals surface area contributed by atoms with Crippen molar-refractivity contribution < 1.29 is 4.39 Å². The van der Waals surface area contributed by atoms with Crippen LogP contribution >= 0.6 is 12.2 Å². The van der Waals surface area contributed by atoms with Crippen molar-refractivity contribution in [2.45, 2.75) is 0 Å². The van der Waals surface area contributed by atoms with Crippen LogP contribution in [0.3, 0.4) is 0 Å². The zero-order valence-electron chi connectivity index (χ0n) is 6.25. The van der Waals surface area contributed by atoms with Crippen molar-refractivity contribution in [2.75, 3.05) is 12.0 Å². The molecule has 0 heterocycles. The fraction of sp³-hybridized carbons (Fsp3) is 0.125. The normalized spacial score (nSPS) is 8.75. The Balaban J connectivity index is 2.53. The first-order valence-electron chi connectivity index (χ1n) is 3.36. The summed E-state index contributed by atoms with van der Waals surface area (Å²) in [5.41, 5.74) is 0.811. The molecule has 12 heavy (non-hydrogen) atoms. The minimum Gasteiger partial charge on any atom is -0.366 e. The van der Waals surface area contributed by atoms with Crippen LogP contribution in [0.5, 0.6) is 0 Å². The Bertz CT molecular complexity index is 290. The molecular weight excluding hydrogens is 175 g/mol. The first kappa shape index (κ1) is 8.84. The third-order valence-electron chi connectivity index (χ3n) is 1.27. The number of hydrogen-bond acceptors (Lipinski definition) is 3. The van der Waals surface area contributed by atoms with Crippen LogP contribution in [0.15, 0.2) is 29.3 Å². The molecule has 1 N–H and O–H groups in total. The van der Waals surface area contributed by atoms with Crippen molar-refractivity contribution in [1.82, 2.24) is 0 Å². The first-order chi connectivity index (χ1) is 5.83. The van der Waals surface area contributed by atoms with E-state index >= 15 is 0 Å². The zero-order chi connectivity index (χ0) is 8.81. The average Bonchev–Trinajstić information content (AvgIpc) is 2.09. The highest BCUT2D eigenvalue weighted by Gasteiger charge is 1.89. The molecule has 0 fully saturated rings. The Morgan fingerprint density at radius 1 is 1.42 bits per heavy atom. The summed E-state index contributed by atoms with van der Waals surface area (Å²) >= 11 is 4.37. The maximum absolute atomic E-state index is 12.4. The van der Waals surface area contributed by atoms with Crippen LogP contribution in [0, 0.1) is 5.82 Å². The van der Waals surface area contributed by atoms with Gasteiger partial charge in [0.25, 0.3) is 0 Å². The summed E-state index contributed by atoms with van der Waals surface area (Å²) in [6, 6.07) is 6.02. The second-order valence-electron chi connectivity index (χ2n) is 2.09. The standard InChI is InChI=1S/C8H7FN2S/c9-7-1-3-8(4-2-7)11-5-10-6-12/h1-4,11H,5H2. The number of anilines is 1. The van der Waals surface area contributed by atoms with Crippen LogP contribution in [-0.4, -0.2) is 11.8 Å². The highest BCUT2D eigenvalue weighted by Crippen LogP contribution is 2.07. The number of benzene rings is 1. The smallest absolute Gasteiger partial charge is 0.123 e. The van der Waals surface area contributed by atoms with E-state index in [-0.39, 0.29) is 5.82 Å². The second kappa shape index (κ2) is 4.59. The van der Waals surface area contributed by atoms with Crippen LogP contribution < -0.4 is 5.32 Å². The minimum absolute atomic E-state index is 0.251. The third-order valence-corrected chi connectivity index (χ3v) is 1.40. The molecular formula is C8H7FN2S. The summed E-state index contributed by atoms with van der Waals surface area (Å²) in [4.78, 5) is 3.65. The molecule has 0 aliphatic rings. The SMILES string of the molecule is Fc1ccc(NCN=C=S)cc1. The number of halogens is 1. The molecule has 1 aromatic rings. The molecule has 0 aliphatic carbocycles. The van der Waals surface area contributed by atoms with E-state index < -0.39 is 0 Å². The predicted octanol–water partition coefficient (Wildman–Crippen LogP) is 2.30. The molecule has 0 aromatic heterocycles. The number of thiocarbonyl (C=S) groups is 1. The van der Waals surface area contributed by atoms with Crippen molar-refractivity contribution >= 4 is 23.1 Å². The molecule has 0 amide bonds. The van der Waals surface area contributed by atoms with Crippen LogP contribution in [0.1, 0.15) is 0 Å². The van der Waals surface area contributed by atoms with Gasteiger partial charge in [0.2, 0.25) is 0 Å². The van der Waals surface area contributed by atoms with Gasteiger partial charge in [0, 0.05) is 5.69 Å². The van der Waals surface area contributed by atoms with Crippen molar-refractivity contribution in [3.63, 3.8) is 0 Å². The summed E-state index contributed by atoms with van der Waals surface area (Å²) in [5, 5.41) is 5.13. The van der Waals surface area contributed by atoms with E-state index in [4.69, 9.17) is 0 Å². The highest BCUT2D eigenvalue weighted by molar-refractivity contribution is 7.78. The average molecular weight is 182 g/mol. The molecule has 1 aromatic carbocycles. The van der Waals surface area contributed by atoms with E-state index in [1.54, 1.807) is 12.1 Å². The number of aliphatic imine (C=N–C) groups is 1. The van der Waals surface area contributed by atoms with Crippen LogP contribution in [-0.2, 0) is 0 Å². The lowest BCUT2D eigenvalue weighted by Gasteiger charge is -2.00. The highest BCUT2D eigenvalue weighted by atomic mass is 32.1.